The minimum absolute atomic E-state index is 0.180. The van der Waals surface area contributed by atoms with Crippen molar-refractivity contribution in [3.05, 3.63) is 47.2 Å². The van der Waals surface area contributed by atoms with Gasteiger partial charge in [0.15, 0.2) is 0 Å². The Hall–Kier alpha value is -1.42. The molecule has 0 saturated carbocycles. The maximum absolute atomic E-state index is 13.3. The third kappa shape index (κ3) is 3.07. The number of hydrogen-bond acceptors (Lipinski definition) is 2. The zero-order valence-corrected chi connectivity index (χ0v) is 10.4. The first-order chi connectivity index (χ1) is 8.70. The van der Waals surface area contributed by atoms with Crippen LogP contribution in [-0.4, -0.2) is 13.2 Å². The molecule has 1 atom stereocenters. The first kappa shape index (κ1) is 13.0. The molecule has 1 aliphatic heterocycles. The lowest BCUT2D eigenvalue weighted by atomic mass is 9.95. The molecule has 0 amide bonds. The lowest BCUT2D eigenvalue weighted by Gasteiger charge is -2.24. The number of likely N-dealkylation sites (N-methyl/N-ethyl adjacent to an activating group) is 1. The summed E-state index contributed by atoms with van der Waals surface area (Å²) >= 11 is 0. The van der Waals surface area contributed by atoms with Crippen molar-refractivity contribution < 1.29 is 13.5 Å². The van der Waals surface area contributed by atoms with Gasteiger partial charge >= 0.3 is 0 Å². The Morgan fingerprint density at radius 3 is 2.56 bits per heavy atom. The Morgan fingerprint density at radius 1 is 1.28 bits per heavy atom. The summed E-state index contributed by atoms with van der Waals surface area (Å²) in [6.07, 6.45) is 3.53. The van der Waals surface area contributed by atoms with Gasteiger partial charge in [0.1, 0.15) is 11.6 Å². The molecule has 1 aromatic carbocycles. The van der Waals surface area contributed by atoms with Crippen LogP contribution in [0.3, 0.4) is 0 Å². The van der Waals surface area contributed by atoms with Crippen molar-refractivity contribution in [2.24, 2.45) is 0 Å². The Kier molecular flexibility index (Phi) is 4.31. The van der Waals surface area contributed by atoms with Crippen LogP contribution in [0.2, 0.25) is 0 Å². The lowest BCUT2D eigenvalue weighted by molar-refractivity contribution is 0.219. The molecular formula is C14H17F2NO. The van der Waals surface area contributed by atoms with E-state index in [1.54, 1.807) is 6.26 Å². The highest BCUT2D eigenvalue weighted by Crippen LogP contribution is 2.28. The summed E-state index contributed by atoms with van der Waals surface area (Å²) in [5, 5.41) is 3.24. The molecule has 0 fully saturated rings. The second kappa shape index (κ2) is 5.96. The van der Waals surface area contributed by atoms with E-state index in [4.69, 9.17) is 4.74 Å². The molecule has 0 radical (unpaired) electrons. The summed E-state index contributed by atoms with van der Waals surface area (Å²) in [4.78, 5) is 0. The quantitative estimate of drug-likeness (QED) is 0.888. The van der Waals surface area contributed by atoms with E-state index >= 15 is 0 Å². The molecule has 1 heterocycles. The average molecular weight is 253 g/mol. The molecule has 0 spiro atoms. The van der Waals surface area contributed by atoms with Gasteiger partial charge in [-0.05, 0) is 42.7 Å². The molecule has 2 nitrogen and oxygen atoms in total. The maximum Gasteiger partial charge on any atom is 0.126 e. The van der Waals surface area contributed by atoms with E-state index in [1.165, 1.54) is 12.1 Å². The van der Waals surface area contributed by atoms with Gasteiger partial charge in [-0.15, -0.1) is 0 Å². The molecule has 0 bridgehead atoms. The van der Waals surface area contributed by atoms with E-state index in [1.807, 2.05) is 6.92 Å². The molecule has 1 N–H and O–H groups in total. The first-order valence-electron chi connectivity index (χ1n) is 6.20. The van der Waals surface area contributed by atoms with Crippen LogP contribution < -0.4 is 5.32 Å². The van der Waals surface area contributed by atoms with Crippen molar-refractivity contribution in [1.82, 2.24) is 5.32 Å². The van der Waals surface area contributed by atoms with Crippen LogP contribution in [-0.2, 0) is 4.74 Å². The molecule has 0 saturated heterocycles. The SMILES string of the molecule is CCNC(C1=COCCC1)c1cc(F)cc(F)c1. The van der Waals surface area contributed by atoms with Crippen molar-refractivity contribution >= 4 is 0 Å². The number of benzene rings is 1. The van der Waals surface area contributed by atoms with Crippen LogP contribution in [0.15, 0.2) is 30.0 Å². The smallest absolute Gasteiger partial charge is 0.126 e. The van der Waals surface area contributed by atoms with E-state index in [0.29, 0.717) is 12.2 Å². The molecule has 18 heavy (non-hydrogen) atoms. The van der Waals surface area contributed by atoms with Crippen LogP contribution in [0.25, 0.3) is 0 Å². The van der Waals surface area contributed by atoms with Gasteiger partial charge in [-0.1, -0.05) is 6.92 Å². The number of nitrogens with one attached hydrogen (secondary N) is 1. The fraction of sp³-hybridized carbons (Fsp3) is 0.429. The molecule has 0 aromatic heterocycles. The van der Waals surface area contributed by atoms with Gasteiger partial charge in [0.2, 0.25) is 0 Å². The Morgan fingerprint density at radius 2 is 2.00 bits per heavy atom. The first-order valence-corrected chi connectivity index (χ1v) is 6.20. The van der Waals surface area contributed by atoms with Gasteiger partial charge in [0.05, 0.1) is 18.9 Å². The fourth-order valence-corrected chi connectivity index (χ4v) is 2.21. The van der Waals surface area contributed by atoms with Crippen molar-refractivity contribution in [2.45, 2.75) is 25.8 Å². The van der Waals surface area contributed by atoms with Crippen molar-refractivity contribution in [2.75, 3.05) is 13.2 Å². The Balaban J connectivity index is 2.31. The second-order valence-electron chi connectivity index (χ2n) is 4.36. The summed E-state index contributed by atoms with van der Waals surface area (Å²) in [5.74, 6) is -1.10. The number of ether oxygens (including phenoxy) is 1. The molecule has 98 valence electrons. The van der Waals surface area contributed by atoms with Gasteiger partial charge < -0.3 is 10.1 Å². The molecule has 4 heteroatoms. The third-order valence-corrected chi connectivity index (χ3v) is 2.96. The average Bonchev–Trinajstić information content (AvgIpc) is 2.36. The summed E-state index contributed by atoms with van der Waals surface area (Å²) in [5.41, 5.74) is 1.64. The van der Waals surface area contributed by atoms with E-state index in [-0.39, 0.29) is 6.04 Å². The molecule has 1 aromatic rings. The number of rotatable bonds is 4. The van der Waals surface area contributed by atoms with E-state index in [2.05, 4.69) is 5.32 Å². The van der Waals surface area contributed by atoms with Gasteiger partial charge in [-0.2, -0.15) is 0 Å². The second-order valence-corrected chi connectivity index (χ2v) is 4.36. The summed E-state index contributed by atoms with van der Waals surface area (Å²) < 4.78 is 31.9. The normalized spacial score (nSPS) is 16.9. The minimum Gasteiger partial charge on any atom is -0.501 e. The van der Waals surface area contributed by atoms with Gasteiger partial charge in [0, 0.05) is 6.07 Å². The van der Waals surface area contributed by atoms with Crippen LogP contribution in [0, 0.1) is 11.6 Å². The van der Waals surface area contributed by atoms with Gasteiger partial charge in [-0.3, -0.25) is 0 Å². The molecular weight excluding hydrogens is 236 g/mol. The standard InChI is InChI=1S/C14H17F2NO/c1-2-17-14(10-4-3-5-18-9-10)11-6-12(15)8-13(16)7-11/h6-9,14,17H,2-5H2,1H3. The predicted octanol–water partition coefficient (Wildman–Crippen LogP) is 3.31. The largest absolute Gasteiger partial charge is 0.501 e. The lowest BCUT2D eigenvalue weighted by Crippen LogP contribution is -2.24. The Bertz CT molecular complexity index is 425. The monoisotopic (exact) mass is 253 g/mol. The molecule has 1 aliphatic rings. The van der Waals surface area contributed by atoms with E-state index in [9.17, 15) is 8.78 Å². The summed E-state index contributed by atoms with van der Waals surface area (Å²) in [7, 11) is 0. The highest BCUT2D eigenvalue weighted by Gasteiger charge is 2.19. The zero-order chi connectivity index (χ0) is 13.0. The highest BCUT2D eigenvalue weighted by molar-refractivity contribution is 5.29. The van der Waals surface area contributed by atoms with Gasteiger partial charge in [-0.25, -0.2) is 8.78 Å². The molecule has 2 rings (SSSR count). The van der Waals surface area contributed by atoms with Crippen molar-refractivity contribution in [1.29, 1.82) is 0 Å². The van der Waals surface area contributed by atoms with Crippen LogP contribution in [0.1, 0.15) is 31.4 Å². The molecule has 1 unspecified atom stereocenters. The number of hydrogen-bond donors (Lipinski definition) is 1. The predicted molar refractivity (Wildman–Crippen MR) is 66.0 cm³/mol. The number of halogens is 2. The zero-order valence-electron chi connectivity index (χ0n) is 10.4. The fourth-order valence-electron chi connectivity index (χ4n) is 2.21. The van der Waals surface area contributed by atoms with Crippen LogP contribution in [0.4, 0.5) is 8.78 Å². The molecule has 0 aliphatic carbocycles. The van der Waals surface area contributed by atoms with Gasteiger partial charge in [0.25, 0.3) is 0 Å². The summed E-state index contributed by atoms with van der Waals surface area (Å²) in [6.45, 7) is 3.40. The van der Waals surface area contributed by atoms with E-state index < -0.39 is 11.6 Å². The van der Waals surface area contributed by atoms with Crippen LogP contribution in [0.5, 0.6) is 0 Å². The van der Waals surface area contributed by atoms with Crippen molar-refractivity contribution in [3.63, 3.8) is 0 Å². The third-order valence-electron chi connectivity index (χ3n) is 2.96. The highest BCUT2D eigenvalue weighted by atomic mass is 19.1. The summed E-state index contributed by atoms with van der Waals surface area (Å²) in [6, 6.07) is 3.44. The Labute approximate surface area is 106 Å². The minimum atomic E-state index is -0.551. The van der Waals surface area contributed by atoms with E-state index in [0.717, 1.165) is 31.0 Å². The van der Waals surface area contributed by atoms with Crippen molar-refractivity contribution in [3.8, 4) is 0 Å². The maximum atomic E-state index is 13.3. The topological polar surface area (TPSA) is 21.3 Å². The van der Waals surface area contributed by atoms with Crippen LogP contribution >= 0.6 is 0 Å².